The number of carbonyl (C=O) groups is 1. The Hall–Kier alpha value is -2.11. The van der Waals surface area contributed by atoms with Gasteiger partial charge in [-0.3, -0.25) is 9.78 Å². The van der Waals surface area contributed by atoms with Gasteiger partial charge in [0, 0.05) is 19.3 Å². The Labute approximate surface area is 136 Å². The van der Waals surface area contributed by atoms with Gasteiger partial charge >= 0.3 is 0 Å². The summed E-state index contributed by atoms with van der Waals surface area (Å²) in [6.45, 7) is 1.01. The first-order valence-electron chi connectivity index (χ1n) is 6.72. The summed E-state index contributed by atoms with van der Waals surface area (Å²) in [6.07, 6.45) is 1.79. The molecule has 0 saturated carbocycles. The third-order valence-electron chi connectivity index (χ3n) is 3.08. The van der Waals surface area contributed by atoms with Gasteiger partial charge in [0.15, 0.2) is 0 Å². The first kappa shape index (κ1) is 17.9. The van der Waals surface area contributed by atoms with Gasteiger partial charge in [-0.25, -0.2) is 0 Å². The first-order valence-corrected chi connectivity index (χ1v) is 6.72. The molecule has 0 radical (unpaired) electrons. The highest BCUT2D eigenvalue weighted by Gasteiger charge is 2.06. The number of pyridine rings is 1. The van der Waals surface area contributed by atoms with E-state index in [1.807, 2.05) is 24.3 Å². The Morgan fingerprint density at radius 1 is 1.23 bits per heavy atom. The highest BCUT2D eigenvalue weighted by atomic mass is 35.5. The number of nitrogens with one attached hydrogen (secondary N) is 1. The van der Waals surface area contributed by atoms with E-state index in [1.54, 1.807) is 25.4 Å². The normalized spacial score (nSPS) is 9.86. The molecule has 0 aliphatic carbocycles. The van der Waals surface area contributed by atoms with E-state index in [-0.39, 0.29) is 24.7 Å². The lowest BCUT2D eigenvalue weighted by Crippen LogP contribution is -2.25. The Balaban J connectivity index is 0.00000242. The van der Waals surface area contributed by atoms with Gasteiger partial charge in [-0.05, 0) is 23.3 Å². The smallest absolute Gasteiger partial charge is 0.226 e. The van der Waals surface area contributed by atoms with E-state index in [0.29, 0.717) is 24.5 Å². The molecule has 1 aromatic carbocycles. The zero-order valence-electron chi connectivity index (χ0n) is 12.4. The van der Waals surface area contributed by atoms with Crippen LogP contribution in [-0.2, 0) is 29.1 Å². The minimum absolute atomic E-state index is 0. The van der Waals surface area contributed by atoms with Crippen molar-refractivity contribution in [1.29, 1.82) is 0 Å². The average molecular weight is 322 g/mol. The van der Waals surface area contributed by atoms with Crippen molar-refractivity contribution in [3.63, 3.8) is 0 Å². The summed E-state index contributed by atoms with van der Waals surface area (Å²) >= 11 is 0. The van der Waals surface area contributed by atoms with Gasteiger partial charge in [0.1, 0.15) is 0 Å². The maximum Gasteiger partial charge on any atom is 0.226 e. The molecule has 0 aliphatic rings. The molecule has 0 bridgehead atoms. The Morgan fingerprint density at radius 3 is 2.59 bits per heavy atom. The van der Waals surface area contributed by atoms with Gasteiger partial charge in [-0.15, -0.1) is 12.4 Å². The lowest BCUT2D eigenvalue weighted by atomic mass is 10.1. The quantitative estimate of drug-likeness (QED) is 0.854. The van der Waals surface area contributed by atoms with Gasteiger partial charge in [0.25, 0.3) is 0 Å². The van der Waals surface area contributed by atoms with Gasteiger partial charge in [-0.1, -0.05) is 24.3 Å². The predicted molar refractivity (Wildman–Crippen MR) is 88.6 cm³/mol. The van der Waals surface area contributed by atoms with Crippen LogP contribution in [0, 0.1) is 0 Å². The van der Waals surface area contributed by atoms with Gasteiger partial charge in [0.2, 0.25) is 5.91 Å². The molecule has 0 atom stereocenters. The standard InChI is InChI=1S/C16H19N3O2.ClH/c1-21-11-13-5-3-2-4-12(13)9-19-16(20)8-15-7-6-14(17)10-18-15;/h2-7,10H,8-9,11,17H2,1H3,(H,19,20);1H. The van der Waals surface area contributed by atoms with Gasteiger partial charge in [0.05, 0.1) is 24.9 Å². The van der Waals surface area contributed by atoms with E-state index in [9.17, 15) is 4.79 Å². The fourth-order valence-corrected chi connectivity index (χ4v) is 1.99. The maximum atomic E-state index is 11.9. The van der Waals surface area contributed by atoms with Crippen LogP contribution in [0.4, 0.5) is 5.69 Å². The van der Waals surface area contributed by atoms with Crippen molar-refractivity contribution in [2.24, 2.45) is 0 Å². The number of nitrogens with two attached hydrogens (primary N) is 1. The number of carbonyl (C=O) groups excluding carboxylic acids is 1. The highest BCUT2D eigenvalue weighted by Crippen LogP contribution is 2.09. The highest BCUT2D eigenvalue weighted by molar-refractivity contribution is 5.85. The maximum absolute atomic E-state index is 11.9. The summed E-state index contributed by atoms with van der Waals surface area (Å²) < 4.78 is 5.15. The molecule has 0 fully saturated rings. The molecule has 0 aliphatic heterocycles. The van der Waals surface area contributed by atoms with Crippen molar-refractivity contribution in [3.05, 3.63) is 59.4 Å². The number of anilines is 1. The van der Waals surface area contributed by atoms with Crippen molar-refractivity contribution in [1.82, 2.24) is 10.3 Å². The van der Waals surface area contributed by atoms with Crippen molar-refractivity contribution in [2.75, 3.05) is 12.8 Å². The summed E-state index contributed by atoms with van der Waals surface area (Å²) in [4.78, 5) is 16.0. The molecule has 0 spiro atoms. The average Bonchev–Trinajstić information content (AvgIpc) is 2.49. The number of ether oxygens (including phenoxy) is 1. The molecule has 118 valence electrons. The summed E-state index contributed by atoms with van der Waals surface area (Å²) in [5.74, 6) is -0.0699. The first-order chi connectivity index (χ1) is 10.2. The zero-order valence-corrected chi connectivity index (χ0v) is 13.2. The number of halogens is 1. The van der Waals surface area contributed by atoms with Gasteiger partial charge in [-0.2, -0.15) is 0 Å². The van der Waals surface area contributed by atoms with Gasteiger partial charge < -0.3 is 15.8 Å². The largest absolute Gasteiger partial charge is 0.397 e. The van der Waals surface area contributed by atoms with Crippen molar-refractivity contribution in [3.8, 4) is 0 Å². The minimum Gasteiger partial charge on any atom is -0.397 e. The zero-order chi connectivity index (χ0) is 15.1. The molecule has 5 nitrogen and oxygen atoms in total. The van der Waals surface area contributed by atoms with Crippen LogP contribution in [0.5, 0.6) is 0 Å². The van der Waals surface area contributed by atoms with Crippen LogP contribution < -0.4 is 11.1 Å². The van der Waals surface area contributed by atoms with Crippen LogP contribution in [0.15, 0.2) is 42.6 Å². The molecule has 1 heterocycles. The van der Waals surface area contributed by atoms with Crippen LogP contribution in [0.1, 0.15) is 16.8 Å². The van der Waals surface area contributed by atoms with E-state index in [2.05, 4.69) is 10.3 Å². The second-order valence-corrected chi connectivity index (χ2v) is 4.74. The molecule has 0 unspecified atom stereocenters. The second-order valence-electron chi connectivity index (χ2n) is 4.74. The summed E-state index contributed by atoms with van der Waals surface area (Å²) in [7, 11) is 1.65. The van der Waals surface area contributed by atoms with E-state index in [4.69, 9.17) is 10.5 Å². The number of hydrogen-bond donors (Lipinski definition) is 2. The molecule has 6 heteroatoms. The monoisotopic (exact) mass is 321 g/mol. The number of hydrogen-bond acceptors (Lipinski definition) is 4. The summed E-state index contributed by atoms with van der Waals surface area (Å²) in [6, 6.07) is 11.4. The van der Waals surface area contributed by atoms with Crippen LogP contribution in [0.2, 0.25) is 0 Å². The Bertz CT molecular complexity index is 603. The number of nitrogens with zero attached hydrogens (tertiary/aromatic N) is 1. The van der Waals surface area contributed by atoms with Crippen molar-refractivity contribution >= 4 is 24.0 Å². The fraction of sp³-hybridized carbons (Fsp3) is 0.250. The van der Waals surface area contributed by atoms with Crippen LogP contribution in [-0.4, -0.2) is 18.0 Å². The predicted octanol–water partition coefficient (Wildman–Crippen LogP) is 2.09. The lowest BCUT2D eigenvalue weighted by molar-refractivity contribution is -0.120. The van der Waals surface area contributed by atoms with Crippen LogP contribution in [0.25, 0.3) is 0 Å². The topological polar surface area (TPSA) is 77.2 Å². The Morgan fingerprint density at radius 2 is 1.95 bits per heavy atom. The number of aromatic nitrogens is 1. The number of benzene rings is 1. The summed E-state index contributed by atoms with van der Waals surface area (Å²) in [5, 5.41) is 2.90. The van der Waals surface area contributed by atoms with Crippen LogP contribution in [0.3, 0.4) is 0 Å². The fourth-order valence-electron chi connectivity index (χ4n) is 1.99. The molecule has 3 N–H and O–H groups in total. The molecule has 22 heavy (non-hydrogen) atoms. The van der Waals surface area contributed by atoms with Crippen molar-refractivity contribution < 1.29 is 9.53 Å². The molecule has 2 rings (SSSR count). The number of nitrogen functional groups attached to an aromatic ring is 1. The number of amides is 1. The van der Waals surface area contributed by atoms with Crippen LogP contribution >= 0.6 is 12.4 Å². The van der Waals surface area contributed by atoms with Crippen molar-refractivity contribution in [2.45, 2.75) is 19.6 Å². The molecule has 1 aromatic heterocycles. The number of methoxy groups -OCH3 is 1. The third kappa shape index (κ3) is 5.35. The SMILES string of the molecule is COCc1ccccc1CNC(=O)Cc1ccc(N)cn1.Cl. The third-order valence-corrected chi connectivity index (χ3v) is 3.08. The van der Waals surface area contributed by atoms with E-state index >= 15 is 0 Å². The second kappa shape index (κ2) is 9.02. The molecule has 0 saturated heterocycles. The van der Waals surface area contributed by atoms with E-state index in [1.165, 1.54) is 0 Å². The molecule has 1 amide bonds. The Kier molecular flexibility index (Phi) is 7.36. The molecular weight excluding hydrogens is 302 g/mol. The summed E-state index contributed by atoms with van der Waals surface area (Å²) in [5.41, 5.74) is 8.98. The number of rotatable bonds is 6. The van der Waals surface area contributed by atoms with E-state index in [0.717, 1.165) is 11.1 Å². The lowest BCUT2D eigenvalue weighted by Gasteiger charge is -2.10. The minimum atomic E-state index is -0.0699. The molecule has 2 aromatic rings. The molecular formula is C16H20ClN3O2. The van der Waals surface area contributed by atoms with E-state index < -0.39 is 0 Å².